The third kappa shape index (κ3) is 25.3. The summed E-state index contributed by atoms with van der Waals surface area (Å²) in [6, 6.07) is 68.7. The molecule has 0 amide bonds. The Morgan fingerprint density at radius 3 is 0.939 bits per heavy atom. The molecule has 0 N–H and O–H groups in total. The number of rotatable bonds is 5. The molecule has 0 atom stereocenters. The van der Waals surface area contributed by atoms with Gasteiger partial charge >= 0.3 is 0 Å². The molecule has 8 aromatic carbocycles. The Bertz CT molecular complexity index is 2090. The molecule has 0 saturated carbocycles. The summed E-state index contributed by atoms with van der Waals surface area (Å²) in [6.07, 6.45) is 2.06. The number of hydrogen-bond acceptors (Lipinski definition) is 0. The average molecular weight is 963 g/mol. The number of hydrogen-bond donors (Lipinski definition) is 0. The molecule has 0 aliphatic carbocycles. The van der Waals surface area contributed by atoms with Crippen LogP contribution < -0.4 is 0 Å². The van der Waals surface area contributed by atoms with E-state index in [1.54, 1.807) is 0 Å². The van der Waals surface area contributed by atoms with Gasteiger partial charge in [0.05, 0.1) is 0 Å². The van der Waals surface area contributed by atoms with Gasteiger partial charge in [0.1, 0.15) is 0 Å². The zero-order valence-corrected chi connectivity index (χ0v) is 48.3. The summed E-state index contributed by atoms with van der Waals surface area (Å²) < 4.78 is 0. The normalized spacial score (nSPS) is 8.33. The maximum Gasteiger partial charge on any atom is 0 e. The van der Waals surface area contributed by atoms with Crippen molar-refractivity contribution in [1.29, 1.82) is 0 Å². The van der Waals surface area contributed by atoms with Gasteiger partial charge < -0.3 is 7.43 Å². The smallest absolute Gasteiger partial charge is 0 e. The van der Waals surface area contributed by atoms with Crippen LogP contribution in [0.4, 0.5) is 0 Å². The molecule has 0 aliphatic heterocycles. The van der Waals surface area contributed by atoms with Crippen LogP contribution in [0.15, 0.2) is 194 Å². The summed E-state index contributed by atoms with van der Waals surface area (Å²) in [4.78, 5) is 0. The third-order valence-corrected chi connectivity index (χ3v) is 8.66. The first-order valence-electron chi connectivity index (χ1n) is 24.9. The van der Waals surface area contributed by atoms with Crippen LogP contribution in [0.25, 0.3) is 43.8 Å². The first kappa shape index (κ1) is 70.4. The standard InChI is InChI=1S/C34H26.C8H10.C6H6.8C2H6.CH3.Y/c1-24-20-27(26-14-6-3-7-15-26)23-28(21-24)34-31-18-10-8-16-29(31)33(22-25-12-4-2-5-13-25)30-17-9-11-19-32(30)34;1-2-8-6-4-3-5-7-8;1-2-4-6-5-3-1;8*1-2;;/h2-21,23H,22H2,1H3;3-7H,2H2,1H3;1-6H;8*1-2H3;1H3;/q;;;;;;;;;;;-1;. The van der Waals surface area contributed by atoms with Gasteiger partial charge in [0.2, 0.25) is 0 Å². The van der Waals surface area contributed by atoms with Gasteiger partial charge in [-0.2, -0.15) is 0 Å². The van der Waals surface area contributed by atoms with E-state index >= 15 is 0 Å². The molecule has 1 heteroatoms. The van der Waals surface area contributed by atoms with E-state index in [9.17, 15) is 0 Å². The minimum Gasteiger partial charge on any atom is -0.358 e. The van der Waals surface area contributed by atoms with Crippen molar-refractivity contribution in [1.82, 2.24) is 0 Å². The number of fused-ring (bicyclic) bond motifs is 2. The molecule has 0 heterocycles. The minimum absolute atomic E-state index is 0. The molecule has 0 fully saturated rings. The largest absolute Gasteiger partial charge is 0.358 e. The quantitative estimate of drug-likeness (QED) is 0.119. The molecule has 0 aromatic heterocycles. The third-order valence-electron chi connectivity index (χ3n) is 8.66. The van der Waals surface area contributed by atoms with Gasteiger partial charge in [-0.25, -0.2) is 0 Å². The Morgan fingerprint density at radius 1 is 0.303 bits per heavy atom. The molecule has 0 bridgehead atoms. The SMILES string of the molecule is CC.CC.CC.CC.CC.CC.CC.CC.CCc1ccccc1.Cc1cc(-c2ccccc2)cc(-c2c3ccccc3c(Cc3ccccc3)c3ccccc23)c1.[CH3-].[Y].c1ccccc1. The summed E-state index contributed by atoms with van der Waals surface area (Å²) in [6.45, 7) is 36.4. The van der Waals surface area contributed by atoms with Crippen LogP contribution in [0.2, 0.25) is 0 Å². The predicted octanol–water partition coefficient (Wildman–Crippen LogP) is 21.8. The zero-order chi connectivity index (χ0) is 49.0. The van der Waals surface area contributed by atoms with Crippen LogP contribution in [-0.4, -0.2) is 0 Å². The molecule has 0 unspecified atom stereocenters. The average Bonchev–Trinajstić information content (AvgIpc) is 3.42. The van der Waals surface area contributed by atoms with Crippen molar-refractivity contribution in [2.75, 3.05) is 0 Å². The van der Waals surface area contributed by atoms with Crippen LogP contribution in [0.5, 0.6) is 0 Å². The fraction of sp³-hybridized carbons (Fsp3) is 0.308. The van der Waals surface area contributed by atoms with Crippen molar-refractivity contribution in [2.24, 2.45) is 0 Å². The van der Waals surface area contributed by atoms with Gasteiger partial charge in [0, 0.05) is 32.7 Å². The molecule has 0 aliphatic rings. The maximum atomic E-state index is 2.35. The van der Waals surface area contributed by atoms with Crippen molar-refractivity contribution in [3.63, 3.8) is 0 Å². The Morgan fingerprint density at radius 2 is 0.591 bits per heavy atom. The Balaban J connectivity index is -0.000000322. The topological polar surface area (TPSA) is 0 Å². The molecule has 8 rings (SSSR count). The van der Waals surface area contributed by atoms with Gasteiger partial charge in [0.25, 0.3) is 0 Å². The monoisotopic (exact) mass is 963 g/mol. The Hall–Kier alpha value is -4.62. The molecule has 357 valence electrons. The maximum absolute atomic E-state index is 2.35. The first-order valence-corrected chi connectivity index (χ1v) is 24.9. The Kier molecular flexibility index (Phi) is 53.1. The second-order valence-electron chi connectivity index (χ2n) is 12.1. The first-order chi connectivity index (χ1) is 31.7. The predicted molar refractivity (Wildman–Crippen MR) is 306 cm³/mol. The van der Waals surface area contributed by atoms with E-state index < -0.39 is 0 Å². The molecule has 0 spiro atoms. The second kappa shape index (κ2) is 49.8. The summed E-state index contributed by atoms with van der Waals surface area (Å²) in [5.74, 6) is 0. The van der Waals surface area contributed by atoms with Crippen molar-refractivity contribution in [3.05, 3.63) is 224 Å². The summed E-state index contributed by atoms with van der Waals surface area (Å²) in [7, 11) is 0. The van der Waals surface area contributed by atoms with Gasteiger partial charge in [-0.3, -0.25) is 0 Å². The fourth-order valence-electron chi connectivity index (χ4n) is 6.34. The zero-order valence-electron chi connectivity index (χ0n) is 45.5. The summed E-state index contributed by atoms with van der Waals surface area (Å²) in [5, 5.41) is 5.30. The number of aryl methyl sites for hydroxylation is 2. The summed E-state index contributed by atoms with van der Waals surface area (Å²) >= 11 is 0. The summed E-state index contributed by atoms with van der Waals surface area (Å²) in [5.41, 5.74) is 10.5. The van der Waals surface area contributed by atoms with Crippen molar-refractivity contribution in [2.45, 2.75) is 137 Å². The van der Waals surface area contributed by atoms with E-state index in [0.29, 0.717) is 0 Å². The second-order valence-corrected chi connectivity index (χ2v) is 12.1. The minimum atomic E-state index is 0. The van der Waals surface area contributed by atoms with Gasteiger partial charge in [-0.1, -0.05) is 306 Å². The van der Waals surface area contributed by atoms with Crippen LogP contribution >= 0.6 is 0 Å². The molecular formula is C65H93Y-. The number of benzene rings is 8. The van der Waals surface area contributed by atoms with Gasteiger partial charge in [-0.05, 0) is 91.9 Å². The fourth-order valence-corrected chi connectivity index (χ4v) is 6.34. The van der Waals surface area contributed by atoms with Crippen LogP contribution in [0.1, 0.15) is 140 Å². The molecule has 1 radical (unpaired) electrons. The van der Waals surface area contributed by atoms with Crippen LogP contribution in [-0.2, 0) is 45.6 Å². The van der Waals surface area contributed by atoms with Gasteiger partial charge in [-0.15, -0.1) is 0 Å². The molecular weight excluding hydrogens is 870 g/mol. The van der Waals surface area contributed by atoms with E-state index in [4.69, 9.17) is 0 Å². The van der Waals surface area contributed by atoms with Crippen LogP contribution in [0, 0.1) is 14.4 Å². The molecule has 0 saturated heterocycles. The molecule has 8 aromatic rings. The van der Waals surface area contributed by atoms with Crippen LogP contribution in [0.3, 0.4) is 0 Å². The van der Waals surface area contributed by atoms with Crippen molar-refractivity contribution in [3.8, 4) is 22.3 Å². The van der Waals surface area contributed by atoms with E-state index in [1.165, 1.54) is 66.1 Å². The molecule has 66 heavy (non-hydrogen) atoms. The Labute approximate surface area is 434 Å². The van der Waals surface area contributed by atoms with E-state index in [1.807, 2.05) is 153 Å². The van der Waals surface area contributed by atoms with Crippen molar-refractivity contribution < 1.29 is 32.7 Å². The van der Waals surface area contributed by atoms with Gasteiger partial charge in [0.15, 0.2) is 0 Å². The van der Waals surface area contributed by atoms with E-state index in [0.717, 1.165) is 12.8 Å². The van der Waals surface area contributed by atoms with Crippen molar-refractivity contribution >= 4 is 21.5 Å². The van der Waals surface area contributed by atoms with E-state index in [-0.39, 0.29) is 40.1 Å². The van der Waals surface area contributed by atoms with E-state index in [2.05, 4.69) is 166 Å². The molecule has 0 nitrogen and oxygen atoms in total.